The van der Waals surface area contributed by atoms with Gasteiger partial charge < -0.3 is 9.73 Å². The fourth-order valence-corrected chi connectivity index (χ4v) is 2.32. The van der Waals surface area contributed by atoms with Crippen LogP contribution >= 0.6 is 0 Å². The van der Waals surface area contributed by atoms with Gasteiger partial charge in [-0.1, -0.05) is 18.2 Å². The first-order chi connectivity index (χ1) is 10.2. The molecule has 1 amide bonds. The third-order valence-corrected chi connectivity index (χ3v) is 3.27. The first-order valence-electron chi connectivity index (χ1n) is 6.76. The molecule has 1 aromatic heterocycles. The molecule has 21 heavy (non-hydrogen) atoms. The molecule has 0 spiro atoms. The normalized spacial score (nSPS) is 10.8. The SMILES string of the molecule is CCNC(=O)c1c(-c2ccc(F)cc2)oc2ccccc12. The fraction of sp³-hybridized carbons (Fsp3) is 0.118. The quantitative estimate of drug-likeness (QED) is 0.789. The van der Waals surface area contributed by atoms with Gasteiger partial charge in [0.05, 0.1) is 5.56 Å². The third kappa shape index (κ3) is 2.40. The minimum atomic E-state index is -0.325. The predicted molar refractivity (Wildman–Crippen MR) is 79.6 cm³/mol. The summed E-state index contributed by atoms with van der Waals surface area (Å²) < 4.78 is 18.9. The Morgan fingerprint density at radius 1 is 1.14 bits per heavy atom. The zero-order chi connectivity index (χ0) is 14.8. The average Bonchev–Trinajstić information content (AvgIpc) is 2.87. The van der Waals surface area contributed by atoms with Crippen molar-refractivity contribution in [3.05, 3.63) is 59.9 Å². The number of fused-ring (bicyclic) bond motifs is 1. The minimum absolute atomic E-state index is 0.193. The lowest BCUT2D eigenvalue weighted by Crippen LogP contribution is -2.22. The molecule has 0 atom stereocenters. The number of halogens is 1. The first-order valence-corrected chi connectivity index (χ1v) is 6.76. The second-order valence-electron chi connectivity index (χ2n) is 4.67. The van der Waals surface area contributed by atoms with Crippen LogP contribution in [0.15, 0.2) is 52.9 Å². The number of nitrogens with one attached hydrogen (secondary N) is 1. The van der Waals surface area contributed by atoms with E-state index in [0.717, 1.165) is 5.39 Å². The Labute approximate surface area is 121 Å². The third-order valence-electron chi connectivity index (χ3n) is 3.27. The number of carbonyl (C=O) groups excluding carboxylic acids is 1. The number of carbonyl (C=O) groups is 1. The number of furan rings is 1. The van der Waals surface area contributed by atoms with E-state index in [1.165, 1.54) is 12.1 Å². The van der Waals surface area contributed by atoms with E-state index in [-0.39, 0.29) is 11.7 Å². The second-order valence-corrected chi connectivity index (χ2v) is 4.67. The van der Waals surface area contributed by atoms with Crippen molar-refractivity contribution in [3.63, 3.8) is 0 Å². The van der Waals surface area contributed by atoms with Crippen LogP contribution in [-0.4, -0.2) is 12.5 Å². The lowest BCUT2D eigenvalue weighted by molar-refractivity contribution is 0.0957. The molecular weight excluding hydrogens is 269 g/mol. The standard InChI is InChI=1S/C17H14FNO2/c1-2-19-17(20)15-13-5-3-4-6-14(13)21-16(15)11-7-9-12(18)10-8-11/h3-10H,2H2,1H3,(H,19,20). The minimum Gasteiger partial charge on any atom is -0.455 e. The van der Waals surface area contributed by atoms with Crippen molar-refractivity contribution in [1.29, 1.82) is 0 Å². The Bertz CT molecular complexity index is 790. The molecule has 1 N–H and O–H groups in total. The Morgan fingerprint density at radius 2 is 1.86 bits per heavy atom. The molecule has 0 saturated heterocycles. The molecule has 106 valence electrons. The summed E-state index contributed by atoms with van der Waals surface area (Å²) in [7, 11) is 0. The van der Waals surface area contributed by atoms with Gasteiger partial charge in [0.1, 0.15) is 17.2 Å². The number of amides is 1. The van der Waals surface area contributed by atoms with E-state index in [2.05, 4.69) is 5.32 Å². The van der Waals surface area contributed by atoms with Crippen molar-refractivity contribution < 1.29 is 13.6 Å². The highest BCUT2D eigenvalue weighted by atomic mass is 19.1. The van der Waals surface area contributed by atoms with Gasteiger partial charge in [0, 0.05) is 17.5 Å². The molecule has 3 nitrogen and oxygen atoms in total. The zero-order valence-corrected chi connectivity index (χ0v) is 11.5. The maximum absolute atomic E-state index is 13.1. The van der Waals surface area contributed by atoms with Gasteiger partial charge >= 0.3 is 0 Å². The van der Waals surface area contributed by atoms with E-state index in [1.54, 1.807) is 12.1 Å². The average molecular weight is 283 g/mol. The molecule has 1 heterocycles. The molecule has 0 aliphatic rings. The Morgan fingerprint density at radius 3 is 2.57 bits per heavy atom. The summed E-state index contributed by atoms with van der Waals surface area (Å²) in [5, 5.41) is 3.54. The van der Waals surface area contributed by atoms with Crippen LogP contribution < -0.4 is 5.32 Å². The van der Waals surface area contributed by atoms with Crippen molar-refractivity contribution >= 4 is 16.9 Å². The van der Waals surface area contributed by atoms with Gasteiger partial charge in [0.15, 0.2) is 0 Å². The summed E-state index contributed by atoms with van der Waals surface area (Å²) in [6.07, 6.45) is 0. The van der Waals surface area contributed by atoms with E-state index in [0.29, 0.717) is 29.0 Å². The number of rotatable bonds is 3. The molecule has 4 heteroatoms. The predicted octanol–water partition coefficient (Wildman–Crippen LogP) is 3.99. The van der Waals surface area contributed by atoms with Gasteiger partial charge in [-0.2, -0.15) is 0 Å². The first kappa shape index (κ1) is 13.4. The summed E-state index contributed by atoms with van der Waals surface area (Å²) in [5.74, 6) is -0.0571. The summed E-state index contributed by atoms with van der Waals surface area (Å²) in [6, 6.07) is 13.3. The smallest absolute Gasteiger partial charge is 0.255 e. The molecule has 0 unspecified atom stereocenters. The topological polar surface area (TPSA) is 42.2 Å². The highest BCUT2D eigenvalue weighted by Gasteiger charge is 2.21. The largest absolute Gasteiger partial charge is 0.455 e. The van der Waals surface area contributed by atoms with Gasteiger partial charge in [-0.3, -0.25) is 4.79 Å². The molecular formula is C17H14FNO2. The zero-order valence-electron chi connectivity index (χ0n) is 11.5. The van der Waals surface area contributed by atoms with E-state index >= 15 is 0 Å². The summed E-state index contributed by atoms with van der Waals surface area (Å²) in [6.45, 7) is 2.39. The van der Waals surface area contributed by atoms with Crippen LogP contribution in [0, 0.1) is 5.82 Å². The molecule has 0 bridgehead atoms. The monoisotopic (exact) mass is 283 g/mol. The summed E-state index contributed by atoms with van der Waals surface area (Å²) in [4.78, 5) is 12.3. The van der Waals surface area contributed by atoms with Crippen LogP contribution in [0.4, 0.5) is 4.39 Å². The summed E-state index contributed by atoms with van der Waals surface area (Å²) in [5.41, 5.74) is 1.80. The number of para-hydroxylation sites is 1. The van der Waals surface area contributed by atoms with Crippen molar-refractivity contribution in [3.8, 4) is 11.3 Å². The highest BCUT2D eigenvalue weighted by Crippen LogP contribution is 2.33. The molecule has 2 aromatic carbocycles. The van der Waals surface area contributed by atoms with Gasteiger partial charge in [0.2, 0.25) is 0 Å². The van der Waals surface area contributed by atoms with Gasteiger partial charge in [-0.25, -0.2) is 4.39 Å². The molecule has 3 aromatic rings. The lowest BCUT2D eigenvalue weighted by Gasteiger charge is -2.04. The van der Waals surface area contributed by atoms with Crippen LogP contribution in [0.3, 0.4) is 0 Å². The molecule has 0 radical (unpaired) electrons. The molecule has 0 fully saturated rings. The van der Waals surface area contributed by atoms with Crippen LogP contribution in [0.25, 0.3) is 22.3 Å². The van der Waals surface area contributed by atoms with Crippen LogP contribution in [-0.2, 0) is 0 Å². The van der Waals surface area contributed by atoms with E-state index in [9.17, 15) is 9.18 Å². The van der Waals surface area contributed by atoms with E-state index < -0.39 is 0 Å². The van der Waals surface area contributed by atoms with Gasteiger partial charge in [0.25, 0.3) is 5.91 Å². The number of hydrogen-bond donors (Lipinski definition) is 1. The number of benzene rings is 2. The maximum atomic E-state index is 13.1. The van der Waals surface area contributed by atoms with Crippen molar-refractivity contribution in [1.82, 2.24) is 5.32 Å². The van der Waals surface area contributed by atoms with Crippen LogP contribution in [0.2, 0.25) is 0 Å². The van der Waals surface area contributed by atoms with Crippen molar-refractivity contribution in [2.75, 3.05) is 6.54 Å². The van der Waals surface area contributed by atoms with Crippen molar-refractivity contribution in [2.45, 2.75) is 6.92 Å². The Kier molecular flexibility index (Phi) is 3.44. The summed E-state index contributed by atoms with van der Waals surface area (Å²) >= 11 is 0. The lowest BCUT2D eigenvalue weighted by atomic mass is 10.0. The second kappa shape index (κ2) is 5.40. The van der Waals surface area contributed by atoms with E-state index in [1.807, 2.05) is 31.2 Å². The molecule has 0 aliphatic carbocycles. The highest BCUT2D eigenvalue weighted by molar-refractivity contribution is 6.11. The Hall–Kier alpha value is -2.62. The van der Waals surface area contributed by atoms with E-state index in [4.69, 9.17) is 4.42 Å². The fourth-order valence-electron chi connectivity index (χ4n) is 2.32. The molecule has 0 aliphatic heterocycles. The Balaban J connectivity index is 2.23. The maximum Gasteiger partial charge on any atom is 0.255 e. The van der Waals surface area contributed by atoms with Crippen molar-refractivity contribution in [2.24, 2.45) is 0 Å². The van der Waals surface area contributed by atoms with Crippen LogP contribution in [0.1, 0.15) is 17.3 Å². The van der Waals surface area contributed by atoms with Gasteiger partial charge in [-0.15, -0.1) is 0 Å². The van der Waals surface area contributed by atoms with Crippen LogP contribution in [0.5, 0.6) is 0 Å². The molecule has 0 saturated carbocycles. The van der Waals surface area contributed by atoms with Gasteiger partial charge in [-0.05, 0) is 37.3 Å². The number of hydrogen-bond acceptors (Lipinski definition) is 2. The molecule has 3 rings (SSSR count).